The highest BCUT2D eigenvalue weighted by Gasteiger charge is 2.17. The number of benzene rings is 1. The molecule has 0 spiro atoms. The molecule has 3 rings (SSSR count). The van der Waals surface area contributed by atoms with Gasteiger partial charge in [-0.25, -0.2) is 14.4 Å². The third-order valence-electron chi connectivity index (χ3n) is 2.56. The minimum absolute atomic E-state index is 0.0748. The Morgan fingerprint density at radius 1 is 1.18 bits per heavy atom. The van der Waals surface area contributed by atoms with Crippen molar-refractivity contribution in [3.63, 3.8) is 0 Å². The summed E-state index contributed by atoms with van der Waals surface area (Å²) in [6, 6.07) is 5.01. The summed E-state index contributed by atoms with van der Waals surface area (Å²) in [5, 5.41) is 11.9. The van der Waals surface area contributed by atoms with Gasteiger partial charge in [0, 0.05) is 0 Å². The molecule has 7 nitrogen and oxygen atoms in total. The van der Waals surface area contributed by atoms with Gasteiger partial charge < -0.3 is 4.74 Å². The normalized spacial score (nSPS) is 10.7. The fourth-order valence-electron chi connectivity index (χ4n) is 1.65. The second kappa shape index (κ2) is 6.20. The largest absolute Gasteiger partial charge is 0.423 e. The molecule has 0 N–H and O–H groups in total. The van der Waals surface area contributed by atoms with Crippen LogP contribution in [0.2, 0.25) is 10.0 Å². The van der Waals surface area contributed by atoms with Crippen molar-refractivity contribution < 1.29 is 9.13 Å². The fraction of sp³-hybridized carbons (Fsp3) is 0.0833. The van der Waals surface area contributed by atoms with Crippen LogP contribution < -0.4 is 4.74 Å². The Bertz CT molecular complexity index is 795. The number of aromatic nitrogens is 6. The van der Waals surface area contributed by atoms with E-state index < -0.39 is 6.80 Å². The molecule has 10 heteroatoms. The number of hydrogen-bond acceptors (Lipinski definition) is 6. The number of hydrogen-bond donors (Lipinski definition) is 0. The minimum Gasteiger partial charge on any atom is -0.423 e. The average Bonchev–Trinajstić information content (AvgIpc) is 2.98. The van der Waals surface area contributed by atoms with E-state index in [4.69, 9.17) is 27.9 Å². The summed E-state index contributed by atoms with van der Waals surface area (Å²) in [7, 11) is 0. The lowest BCUT2D eigenvalue weighted by molar-refractivity contribution is 0.314. The number of nitrogens with zero attached hydrogens (tertiary/aromatic N) is 6. The maximum absolute atomic E-state index is 12.5. The molecule has 0 aliphatic heterocycles. The van der Waals surface area contributed by atoms with Crippen molar-refractivity contribution >= 4 is 23.2 Å². The molecule has 0 unspecified atom stereocenters. The second-order valence-electron chi connectivity index (χ2n) is 4.00. The van der Waals surface area contributed by atoms with Crippen LogP contribution in [0.15, 0.2) is 30.6 Å². The first kappa shape index (κ1) is 14.6. The lowest BCUT2D eigenvalue weighted by atomic mass is 10.2. The van der Waals surface area contributed by atoms with E-state index in [1.165, 1.54) is 12.4 Å². The van der Waals surface area contributed by atoms with E-state index in [1.807, 2.05) is 0 Å². The highest BCUT2D eigenvalue weighted by molar-refractivity contribution is 6.33. The standard InChI is InChI=1S/C12H7Cl2FN6O/c13-7-4-16-12(17-5-7)22-9-3-1-2-8(14)10(9)11-18-20-21(6-15)19-11/h1-5H,6H2. The molecule has 0 atom stereocenters. The van der Waals surface area contributed by atoms with Gasteiger partial charge in [-0.05, 0) is 17.3 Å². The highest BCUT2D eigenvalue weighted by Crippen LogP contribution is 2.35. The van der Waals surface area contributed by atoms with Crippen molar-refractivity contribution in [2.45, 2.75) is 6.80 Å². The van der Waals surface area contributed by atoms with Crippen LogP contribution in [-0.2, 0) is 6.80 Å². The smallest absolute Gasteiger partial charge is 0.321 e. The third kappa shape index (κ3) is 2.97. The van der Waals surface area contributed by atoms with Gasteiger partial charge in [0.05, 0.1) is 28.0 Å². The van der Waals surface area contributed by atoms with Crippen LogP contribution in [0.25, 0.3) is 11.4 Å². The Balaban J connectivity index is 2.01. The molecule has 0 saturated carbocycles. The van der Waals surface area contributed by atoms with Crippen molar-refractivity contribution in [2.75, 3.05) is 0 Å². The van der Waals surface area contributed by atoms with E-state index in [-0.39, 0.29) is 11.8 Å². The zero-order chi connectivity index (χ0) is 15.5. The topological polar surface area (TPSA) is 78.6 Å². The second-order valence-corrected chi connectivity index (χ2v) is 4.85. The monoisotopic (exact) mass is 340 g/mol. The van der Waals surface area contributed by atoms with Crippen molar-refractivity contribution in [1.29, 1.82) is 0 Å². The van der Waals surface area contributed by atoms with Crippen LogP contribution in [0.1, 0.15) is 0 Å². The lowest BCUT2D eigenvalue weighted by Crippen LogP contribution is -1.98. The van der Waals surface area contributed by atoms with E-state index in [2.05, 4.69) is 25.4 Å². The molecular formula is C12H7Cl2FN6O. The summed E-state index contributed by atoms with van der Waals surface area (Å²) in [6.07, 6.45) is 2.79. The molecule has 2 aromatic heterocycles. The van der Waals surface area contributed by atoms with E-state index in [1.54, 1.807) is 18.2 Å². The van der Waals surface area contributed by atoms with Gasteiger partial charge in [-0.1, -0.05) is 29.3 Å². The zero-order valence-corrected chi connectivity index (χ0v) is 12.3. The molecule has 112 valence electrons. The molecule has 0 radical (unpaired) electrons. The fourth-order valence-corrected chi connectivity index (χ4v) is 2.00. The van der Waals surface area contributed by atoms with Gasteiger partial charge in [-0.3, -0.25) is 0 Å². The van der Waals surface area contributed by atoms with E-state index in [9.17, 15) is 4.39 Å². The molecule has 22 heavy (non-hydrogen) atoms. The van der Waals surface area contributed by atoms with Crippen LogP contribution in [0.4, 0.5) is 4.39 Å². The summed E-state index contributed by atoms with van der Waals surface area (Å²) in [6.45, 7) is -0.895. The predicted molar refractivity (Wildman–Crippen MR) is 76.5 cm³/mol. The van der Waals surface area contributed by atoms with Gasteiger partial charge in [-0.15, -0.1) is 15.0 Å². The molecule has 2 heterocycles. The van der Waals surface area contributed by atoms with E-state index in [0.717, 1.165) is 4.80 Å². The van der Waals surface area contributed by atoms with Crippen molar-refractivity contribution in [2.24, 2.45) is 0 Å². The van der Waals surface area contributed by atoms with Crippen LogP contribution in [-0.4, -0.2) is 30.2 Å². The quantitative estimate of drug-likeness (QED) is 0.725. The summed E-state index contributed by atoms with van der Waals surface area (Å²) < 4.78 is 18.1. The number of alkyl halides is 1. The van der Waals surface area contributed by atoms with Gasteiger partial charge in [0.15, 0.2) is 0 Å². The lowest BCUT2D eigenvalue weighted by Gasteiger charge is -2.08. The molecule has 0 saturated heterocycles. The number of ether oxygens (including phenoxy) is 1. The molecule has 0 fully saturated rings. The number of halogens is 3. The average molecular weight is 341 g/mol. The van der Waals surface area contributed by atoms with Crippen LogP contribution in [0.3, 0.4) is 0 Å². The summed E-state index contributed by atoms with van der Waals surface area (Å²) in [4.78, 5) is 8.65. The van der Waals surface area contributed by atoms with Gasteiger partial charge in [0.25, 0.3) is 0 Å². The van der Waals surface area contributed by atoms with E-state index >= 15 is 0 Å². The van der Waals surface area contributed by atoms with Gasteiger partial charge in [-0.2, -0.15) is 0 Å². The summed E-state index contributed by atoms with van der Waals surface area (Å²) >= 11 is 11.9. The summed E-state index contributed by atoms with van der Waals surface area (Å²) in [5.41, 5.74) is 0.363. The van der Waals surface area contributed by atoms with Gasteiger partial charge >= 0.3 is 6.01 Å². The SMILES string of the molecule is FCn1nnc(-c2c(Cl)cccc2Oc2ncc(Cl)cn2)n1. The Kier molecular flexibility index (Phi) is 4.12. The van der Waals surface area contributed by atoms with Crippen molar-refractivity contribution in [3.05, 3.63) is 40.6 Å². The molecule has 0 aliphatic carbocycles. The van der Waals surface area contributed by atoms with Crippen LogP contribution >= 0.6 is 23.2 Å². The first-order valence-electron chi connectivity index (χ1n) is 5.95. The first-order chi connectivity index (χ1) is 10.7. The van der Waals surface area contributed by atoms with Gasteiger partial charge in [0.1, 0.15) is 5.75 Å². The molecule has 1 aromatic carbocycles. The first-order valence-corrected chi connectivity index (χ1v) is 6.71. The molecule has 0 amide bonds. The summed E-state index contributed by atoms with van der Waals surface area (Å²) in [5.74, 6) is 0.445. The minimum atomic E-state index is -0.895. The predicted octanol–water partition coefficient (Wildman–Crippen LogP) is 3.16. The molecular weight excluding hydrogens is 334 g/mol. The number of rotatable bonds is 4. The van der Waals surface area contributed by atoms with Crippen molar-refractivity contribution in [3.8, 4) is 23.1 Å². The van der Waals surface area contributed by atoms with Crippen molar-refractivity contribution in [1.82, 2.24) is 30.2 Å². The Labute approximate surface area is 133 Å². The maximum Gasteiger partial charge on any atom is 0.321 e. The van der Waals surface area contributed by atoms with Gasteiger partial charge in [0.2, 0.25) is 12.6 Å². The van der Waals surface area contributed by atoms with Crippen LogP contribution in [0.5, 0.6) is 11.8 Å². The molecule has 0 aliphatic rings. The zero-order valence-electron chi connectivity index (χ0n) is 10.8. The number of tetrazole rings is 1. The molecule has 0 bridgehead atoms. The van der Waals surface area contributed by atoms with Crippen LogP contribution in [0, 0.1) is 0 Å². The third-order valence-corrected chi connectivity index (χ3v) is 3.07. The van der Waals surface area contributed by atoms with E-state index in [0.29, 0.717) is 21.4 Å². The maximum atomic E-state index is 12.5. The Morgan fingerprint density at radius 3 is 2.64 bits per heavy atom. The Hall–Kier alpha value is -2.32. The highest BCUT2D eigenvalue weighted by atomic mass is 35.5. The Morgan fingerprint density at radius 2 is 1.95 bits per heavy atom. The molecule has 3 aromatic rings.